The highest BCUT2D eigenvalue weighted by Crippen LogP contribution is 2.44. The van der Waals surface area contributed by atoms with Crippen LogP contribution in [-0.2, 0) is 12.8 Å². The van der Waals surface area contributed by atoms with E-state index in [-0.39, 0.29) is 17.2 Å². The van der Waals surface area contributed by atoms with Gasteiger partial charge in [0.05, 0.1) is 18.4 Å². The molecule has 172 valence electrons. The zero-order chi connectivity index (χ0) is 23.6. The van der Waals surface area contributed by atoms with E-state index >= 15 is 0 Å². The first-order valence-corrected chi connectivity index (χ1v) is 12.0. The number of nitrogens with one attached hydrogen (secondary N) is 2. The summed E-state index contributed by atoms with van der Waals surface area (Å²) in [7, 11) is 1.58. The first-order valence-electron chi connectivity index (χ1n) is 11.2. The molecule has 2 N–H and O–H groups in total. The highest BCUT2D eigenvalue weighted by Gasteiger charge is 2.34. The second-order valence-electron chi connectivity index (χ2n) is 9.49. The predicted molar refractivity (Wildman–Crippen MR) is 135 cm³/mol. The molecule has 0 saturated carbocycles. The summed E-state index contributed by atoms with van der Waals surface area (Å²) >= 11 is 1.53. The first-order chi connectivity index (χ1) is 15.8. The van der Waals surface area contributed by atoms with Crippen molar-refractivity contribution in [3.63, 3.8) is 0 Å². The van der Waals surface area contributed by atoms with Gasteiger partial charge in [0, 0.05) is 10.4 Å². The van der Waals surface area contributed by atoms with Gasteiger partial charge in [-0.05, 0) is 60.4 Å². The molecule has 3 aromatic rings. The maximum absolute atomic E-state index is 13.5. The van der Waals surface area contributed by atoms with E-state index in [1.807, 2.05) is 42.5 Å². The fourth-order valence-electron chi connectivity index (χ4n) is 4.35. The highest BCUT2D eigenvalue weighted by molar-refractivity contribution is 7.17. The van der Waals surface area contributed by atoms with Crippen LogP contribution in [0.25, 0.3) is 0 Å². The normalized spacial score (nSPS) is 15.5. The molecule has 33 heavy (non-hydrogen) atoms. The van der Waals surface area contributed by atoms with Crippen molar-refractivity contribution in [2.45, 2.75) is 40.0 Å². The van der Waals surface area contributed by atoms with E-state index in [9.17, 15) is 9.59 Å². The predicted octanol–water partition coefficient (Wildman–Crippen LogP) is 6.41. The van der Waals surface area contributed by atoms with Crippen molar-refractivity contribution in [2.75, 3.05) is 17.7 Å². The van der Waals surface area contributed by atoms with Gasteiger partial charge in [0.15, 0.2) is 0 Å². The molecule has 1 aromatic heterocycles. The molecule has 1 unspecified atom stereocenters. The summed E-state index contributed by atoms with van der Waals surface area (Å²) in [6.07, 6.45) is 2.76. The van der Waals surface area contributed by atoms with Crippen LogP contribution in [0.15, 0.2) is 54.6 Å². The van der Waals surface area contributed by atoms with Gasteiger partial charge in [-0.2, -0.15) is 0 Å². The van der Waals surface area contributed by atoms with Crippen LogP contribution in [0, 0.1) is 11.3 Å². The Morgan fingerprint density at radius 3 is 2.36 bits per heavy atom. The standard InChI is InChI=1S/C27H30N2O3S/c1-27(2,3)18-14-15-19-22(16-18)33-26(29-24(30)17-10-6-5-7-11-17)23(19)25(31)28-20-12-8-9-13-21(20)32-4/h5-13,18H,14-16H2,1-4H3,(H,28,31)(H,29,30). The molecule has 0 saturated heterocycles. The van der Waals surface area contributed by atoms with Crippen LogP contribution in [0.4, 0.5) is 10.7 Å². The molecule has 0 radical (unpaired) electrons. The number of hydrogen-bond donors (Lipinski definition) is 2. The van der Waals surface area contributed by atoms with Crippen LogP contribution in [-0.4, -0.2) is 18.9 Å². The molecular formula is C27H30N2O3S. The van der Waals surface area contributed by atoms with E-state index in [4.69, 9.17) is 4.74 Å². The van der Waals surface area contributed by atoms with Crippen LogP contribution >= 0.6 is 11.3 Å². The highest BCUT2D eigenvalue weighted by atomic mass is 32.1. The minimum atomic E-state index is -0.227. The minimum Gasteiger partial charge on any atom is -0.495 e. The lowest BCUT2D eigenvalue weighted by atomic mass is 9.72. The number of anilines is 2. The summed E-state index contributed by atoms with van der Waals surface area (Å²) in [6.45, 7) is 6.80. The molecule has 2 amide bonds. The maximum Gasteiger partial charge on any atom is 0.259 e. The number of methoxy groups -OCH3 is 1. The van der Waals surface area contributed by atoms with Crippen molar-refractivity contribution >= 4 is 33.8 Å². The lowest BCUT2D eigenvalue weighted by molar-refractivity contribution is 0.102. The molecule has 4 rings (SSSR count). The smallest absolute Gasteiger partial charge is 0.259 e. The third kappa shape index (κ3) is 4.96. The van der Waals surface area contributed by atoms with Crippen LogP contribution < -0.4 is 15.4 Å². The van der Waals surface area contributed by atoms with Gasteiger partial charge in [-0.3, -0.25) is 9.59 Å². The van der Waals surface area contributed by atoms with Gasteiger partial charge in [-0.15, -0.1) is 11.3 Å². The Morgan fingerprint density at radius 2 is 1.67 bits per heavy atom. The molecule has 2 aromatic carbocycles. The number of para-hydroxylation sites is 2. The Balaban J connectivity index is 1.70. The molecule has 0 spiro atoms. The summed E-state index contributed by atoms with van der Waals surface area (Å²) in [6, 6.07) is 16.4. The molecule has 0 fully saturated rings. The van der Waals surface area contributed by atoms with E-state index in [0.717, 1.165) is 24.8 Å². The van der Waals surface area contributed by atoms with Crippen LogP contribution in [0.3, 0.4) is 0 Å². The number of ether oxygens (including phenoxy) is 1. The summed E-state index contributed by atoms with van der Waals surface area (Å²) in [5.74, 6) is 0.687. The van der Waals surface area contributed by atoms with Crippen molar-refractivity contribution in [2.24, 2.45) is 11.3 Å². The number of thiophene rings is 1. The van der Waals surface area contributed by atoms with E-state index in [2.05, 4.69) is 31.4 Å². The third-order valence-electron chi connectivity index (χ3n) is 6.34. The zero-order valence-electron chi connectivity index (χ0n) is 19.5. The molecule has 6 heteroatoms. The summed E-state index contributed by atoms with van der Waals surface area (Å²) in [5, 5.41) is 6.63. The average Bonchev–Trinajstić information content (AvgIpc) is 3.16. The van der Waals surface area contributed by atoms with Gasteiger partial charge >= 0.3 is 0 Å². The Morgan fingerprint density at radius 1 is 0.970 bits per heavy atom. The fraction of sp³-hybridized carbons (Fsp3) is 0.333. The van der Waals surface area contributed by atoms with Crippen LogP contribution in [0.5, 0.6) is 5.75 Å². The van der Waals surface area contributed by atoms with E-state index in [1.54, 1.807) is 19.2 Å². The minimum absolute atomic E-state index is 0.189. The van der Waals surface area contributed by atoms with Crippen molar-refractivity contribution < 1.29 is 14.3 Å². The largest absolute Gasteiger partial charge is 0.495 e. The van der Waals surface area contributed by atoms with Gasteiger partial charge in [-0.25, -0.2) is 0 Å². The number of carbonyl (C=O) groups excluding carboxylic acids is 2. The zero-order valence-corrected chi connectivity index (χ0v) is 20.3. The molecule has 1 aliphatic rings. The lowest BCUT2D eigenvalue weighted by Gasteiger charge is -2.33. The van der Waals surface area contributed by atoms with Gasteiger partial charge in [0.2, 0.25) is 0 Å². The monoisotopic (exact) mass is 462 g/mol. The fourth-order valence-corrected chi connectivity index (χ4v) is 5.67. The number of benzene rings is 2. The summed E-state index contributed by atoms with van der Waals surface area (Å²) in [5.41, 5.74) is 2.98. The Bertz CT molecular complexity index is 1160. The van der Waals surface area contributed by atoms with Crippen LogP contribution in [0.2, 0.25) is 0 Å². The molecule has 0 aliphatic heterocycles. The Labute approximate surface area is 199 Å². The van der Waals surface area contributed by atoms with E-state index in [0.29, 0.717) is 33.5 Å². The average molecular weight is 463 g/mol. The lowest BCUT2D eigenvalue weighted by Crippen LogP contribution is -2.27. The number of carbonyl (C=O) groups is 2. The SMILES string of the molecule is COc1ccccc1NC(=O)c1c(NC(=O)c2ccccc2)sc2c1CCC(C(C)(C)C)C2. The van der Waals surface area contributed by atoms with Crippen molar-refractivity contribution in [1.82, 2.24) is 0 Å². The molecule has 5 nitrogen and oxygen atoms in total. The summed E-state index contributed by atoms with van der Waals surface area (Å²) < 4.78 is 5.40. The van der Waals surface area contributed by atoms with Crippen molar-refractivity contribution in [3.05, 3.63) is 76.2 Å². The van der Waals surface area contributed by atoms with Crippen LogP contribution in [0.1, 0.15) is 58.3 Å². The number of amides is 2. The van der Waals surface area contributed by atoms with Gasteiger partial charge in [0.25, 0.3) is 11.8 Å². The molecular weight excluding hydrogens is 432 g/mol. The number of rotatable bonds is 5. The third-order valence-corrected chi connectivity index (χ3v) is 7.51. The van der Waals surface area contributed by atoms with Gasteiger partial charge in [0.1, 0.15) is 10.8 Å². The second kappa shape index (κ2) is 9.40. The quantitative estimate of drug-likeness (QED) is 0.460. The number of fused-ring (bicyclic) bond motifs is 1. The van der Waals surface area contributed by atoms with E-state index in [1.165, 1.54) is 16.2 Å². The maximum atomic E-state index is 13.5. The Kier molecular flexibility index (Phi) is 6.56. The second-order valence-corrected chi connectivity index (χ2v) is 10.6. The van der Waals surface area contributed by atoms with E-state index < -0.39 is 0 Å². The van der Waals surface area contributed by atoms with Crippen molar-refractivity contribution in [3.8, 4) is 5.75 Å². The van der Waals surface area contributed by atoms with Crippen molar-refractivity contribution in [1.29, 1.82) is 0 Å². The summed E-state index contributed by atoms with van der Waals surface area (Å²) in [4.78, 5) is 27.6. The number of hydrogen-bond acceptors (Lipinski definition) is 4. The van der Waals surface area contributed by atoms with Gasteiger partial charge < -0.3 is 15.4 Å². The first kappa shape index (κ1) is 23.1. The molecule has 0 bridgehead atoms. The Hall–Kier alpha value is -3.12. The molecule has 1 heterocycles. The molecule has 1 atom stereocenters. The molecule has 1 aliphatic carbocycles. The topological polar surface area (TPSA) is 67.4 Å². The van der Waals surface area contributed by atoms with Gasteiger partial charge in [-0.1, -0.05) is 51.1 Å².